The van der Waals surface area contributed by atoms with Crippen LogP contribution < -0.4 is 5.32 Å². The molecule has 2 nitrogen and oxygen atoms in total. The maximum atomic E-state index is 13.8. The highest BCUT2D eigenvalue weighted by Gasteiger charge is 2.46. The van der Waals surface area contributed by atoms with Gasteiger partial charge in [-0.1, -0.05) is 31.0 Å². The van der Waals surface area contributed by atoms with Crippen LogP contribution in [0.5, 0.6) is 0 Å². The van der Waals surface area contributed by atoms with E-state index < -0.39 is 23.4 Å². The molecule has 0 bridgehead atoms. The molecule has 1 aliphatic carbocycles. The monoisotopic (exact) mass is 275 g/mol. The first-order chi connectivity index (χ1) is 8.85. The number of halogens is 4. The molecule has 1 aliphatic rings. The van der Waals surface area contributed by atoms with E-state index in [4.69, 9.17) is 0 Å². The Kier molecular flexibility index (Phi) is 3.52. The van der Waals surface area contributed by atoms with Gasteiger partial charge in [0, 0.05) is 5.56 Å². The van der Waals surface area contributed by atoms with E-state index in [1.807, 2.05) is 5.32 Å². The second-order valence-electron chi connectivity index (χ2n) is 4.72. The van der Waals surface area contributed by atoms with E-state index >= 15 is 0 Å². The summed E-state index contributed by atoms with van der Waals surface area (Å²) in [6.45, 7) is 0. The summed E-state index contributed by atoms with van der Waals surface area (Å²) in [7, 11) is 0. The standard InChI is InChI=1S/C13H13F4NO/c14-10-6-2-1-5-9(10)12(7-3-4-8-12)18-11(19)13(15,16)17/h1-2,5-6H,3-4,7-8H2,(H,18,19). The quantitative estimate of drug-likeness (QED) is 0.825. The lowest BCUT2D eigenvalue weighted by atomic mass is 9.87. The minimum atomic E-state index is -4.96. The Hall–Kier alpha value is -1.59. The topological polar surface area (TPSA) is 29.1 Å². The number of alkyl halides is 3. The highest BCUT2D eigenvalue weighted by molar-refractivity contribution is 5.82. The molecule has 1 amide bonds. The van der Waals surface area contributed by atoms with Crippen LogP contribution in [0, 0.1) is 5.82 Å². The van der Waals surface area contributed by atoms with Crippen LogP contribution in [0.1, 0.15) is 31.2 Å². The van der Waals surface area contributed by atoms with E-state index in [9.17, 15) is 22.4 Å². The van der Waals surface area contributed by atoms with Gasteiger partial charge in [-0.05, 0) is 18.9 Å². The zero-order valence-electron chi connectivity index (χ0n) is 10.1. The molecule has 0 aliphatic heterocycles. The molecular weight excluding hydrogens is 262 g/mol. The molecule has 6 heteroatoms. The van der Waals surface area contributed by atoms with Gasteiger partial charge in [-0.3, -0.25) is 4.79 Å². The molecule has 0 radical (unpaired) electrons. The van der Waals surface area contributed by atoms with Gasteiger partial charge in [0.2, 0.25) is 0 Å². The summed E-state index contributed by atoms with van der Waals surface area (Å²) in [4.78, 5) is 11.2. The van der Waals surface area contributed by atoms with Crippen molar-refractivity contribution >= 4 is 5.91 Å². The van der Waals surface area contributed by atoms with Gasteiger partial charge in [0.15, 0.2) is 0 Å². The SMILES string of the molecule is O=C(NC1(c2ccccc2F)CCCC1)C(F)(F)F. The third-order valence-corrected chi connectivity index (χ3v) is 3.46. The first kappa shape index (κ1) is 13.8. The fourth-order valence-electron chi connectivity index (χ4n) is 2.58. The largest absolute Gasteiger partial charge is 0.471 e. The molecule has 1 fully saturated rings. The number of amides is 1. The number of rotatable bonds is 2. The number of carbonyl (C=O) groups excluding carboxylic acids is 1. The first-order valence-electron chi connectivity index (χ1n) is 5.99. The molecule has 0 aromatic heterocycles. The van der Waals surface area contributed by atoms with Crippen molar-refractivity contribution in [2.75, 3.05) is 0 Å². The van der Waals surface area contributed by atoms with Gasteiger partial charge in [0.05, 0.1) is 5.54 Å². The van der Waals surface area contributed by atoms with Gasteiger partial charge in [0.1, 0.15) is 5.82 Å². The number of nitrogens with one attached hydrogen (secondary N) is 1. The van der Waals surface area contributed by atoms with Gasteiger partial charge in [-0.15, -0.1) is 0 Å². The van der Waals surface area contributed by atoms with Crippen LogP contribution in [-0.2, 0) is 10.3 Å². The lowest BCUT2D eigenvalue weighted by Gasteiger charge is -2.31. The first-order valence-corrected chi connectivity index (χ1v) is 5.99. The van der Waals surface area contributed by atoms with Gasteiger partial charge < -0.3 is 5.32 Å². The van der Waals surface area contributed by atoms with Crippen LogP contribution in [0.25, 0.3) is 0 Å². The second kappa shape index (κ2) is 4.83. The van der Waals surface area contributed by atoms with Gasteiger partial charge in [-0.25, -0.2) is 4.39 Å². The Morgan fingerprint density at radius 3 is 2.26 bits per heavy atom. The molecule has 1 aromatic carbocycles. The molecule has 1 saturated carbocycles. The van der Waals surface area contributed by atoms with Crippen LogP contribution in [0.3, 0.4) is 0 Å². The summed E-state index contributed by atoms with van der Waals surface area (Å²) in [6.07, 6.45) is -3.01. The maximum absolute atomic E-state index is 13.8. The molecule has 19 heavy (non-hydrogen) atoms. The molecular formula is C13H13F4NO. The predicted molar refractivity (Wildman–Crippen MR) is 60.7 cm³/mol. The van der Waals surface area contributed by atoms with Gasteiger partial charge in [0.25, 0.3) is 0 Å². The molecule has 104 valence electrons. The molecule has 0 saturated heterocycles. The molecule has 1 aromatic rings. The number of carbonyl (C=O) groups is 1. The summed E-state index contributed by atoms with van der Waals surface area (Å²) in [5, 5.41) is 1.99. The van der Waals surface area contributed by atoms with Crippen molar-refractivity contribution in [3.8, 4) is 0 Å². The van der Waals surface area contributed by atoms with Crippen LogP contribution in [0.2, 0.25) is 0 Å². The van der Waals surface area contributed by atoms with Gasteiger partial charge >= 0.3 is 12.1 Å². The molecule has 1 N–H and O–H groups in total. The summed E-state index contributed by atoms with van der Waals surface area (Å²) in [5.74, 6) is -2.61. The van der Waals surface area contributed by atoms with E-state index in [0.29, 0.717) is 25.7 Å². The summed E-state index contributed by atoms with van der Waals surface area (Å²) in [5.41, 5.74) is -1.11. The number of benzene rings is 1. The van der Waals surface area contributed by atoms with Crippen molar-refractivity contribution in [1.29, 1.82) is 0 Å². The van der Waals surface area contributed by atoms with Crippen LogP contribution in [-0.4, -0.2) is 12.1 Å². The third kappa shape index (κ3) is 2.72. The van der Waals surface area contributed by atoms with Crippen molar-refractivity contribution in [2.24, 2.45) is 0 Å². The number of hydrogen-bond donors (Lipinski definition) is 1. The predicted octanol–water partition coefficient (Wildman–Crippen LogP) is 3.27. The molecule has 0 heterocycles. The fraction of sp³-hybridized carbons (Fsp3) is 0.462. The van der Waals surface area contributed by atoms with Crippen molar-refractivity contribution in [3.05, 3.63) is 35.6 Å². The lowest BCUT2D eigenvalue weighted by Crippen LogP contribution is -2.49. The Bertz CT molecular complexity index is 478. The van der Waals surface area contributed by atoms with Crippen molar-refractivity contribution in [1.82, 2.24) is 5.32 Å². The van der Waals surface area contributed by atoms with E-state index in [0.717, 1.165) is 0 Å². The van der Waals surface area contributed by atoms with E-state index in [1.165, 1.54) is 18.2 Å². The molecule has 0 unspecified atom stereocenters. The average molecular weight is 275 g/mol. The molecule has 0 atom stereocenters. The smallest absolute Gasteiger partial charge is 0.339 e. The highest BCUT2D eigenvalue weighted by atomic mass is 19.4. The summed E-state index contributed by atoms with van der Waals surface area (Å²) < 4.78 is 50.9. The van der Waals surface area contributed by atoms with E-state index in [1.54, 1.807) is 6.07 Å². The Labute approximate surface area is 107 Å². The normalized spacial score (nSPS) is 18.3. The van der Waals surface area contributed by atoms with Crippen molar-refractivity contribution in [3.63, 3.8) is 0 Å². The van der Waals surface area contributed by atoms with E-state index in [2.05, 4.69) is 0 Å². The summed E-state index contributed by atoms with van der Waals surface area (Å²) >= 11 is 0. The number of hydrogen-bond acceptors (Lipinski definition) is 1. The highest BCUT2D eigenvalue weighted by Crippen LogP contribution is 2.40. The zero-order chi connectivity index (χ0) is 14.1. The molecule has 2 rings (SSSR count). The zero-order valence-corrected chi connectivity index (χ0v) is 10.1. The molecule has 0 spiro atoms. The maximum Gasteiger partial charge on any atom is 0.471 e. The Morgan fingerprint density at radius 1 is 1.16 bits per heavy atom. The van der Waals surface area contributed by atoms with Crippen LogP contribution in [0.4, 0.5) is 17.6 Å². The van der Waals surface area contributed by atoms with Gasteiger partial charge in [-0.2, -0.15) is 13.2 Å². The summed E-state index contributed by atoms with van der Waals surface area (Å²) in [6, 6.07) is 5.64. The second-order valence-corrected chi connectivity index (χ2v) is 4.72. The van der Waals surface area contributed by atoms with Crippen LogP contribution in [0.15, 0.2) is 24.3 Å². The minimum Gasteiger partial charge on any atom is -0.339 e. The fourth-order valence-corrected chi connectivity index (χ4v) is 2.58. The van der Waals surface area contributed by atoms with Crippen molar-refractivity contribution < 1.29 is 22.4 Å². The van der Waals surface area contributed by atoms with E-state index in [-0.39, 0.29) is 5.56 Å². The minimum absolute atomic E-state index is 0.130. The average Bonchev–Trinajstić information content (AvgIpc) is 2.78. The Morgan fingerprint density at radius 2 is 1.74 bits per heavy atom. The lowest BCUT2D eigenvalue weighted by molar-refractivity contribution is -0.175. The van der Waals surface area contributed by atoms with Crippen LogP contribution >= 0.6 is 0 Å². The van der Waals surface area contributed by atoms with Crippen molar-refractivity contribution in [2.45, 2.75) is 37.4 Å². The Balaban J connectivity index is 2.34. The third-order valence-electron chi connectivity index (χ3n) is 3.46.